The van der Waals surface area contributed by atoms with E-state index < -0.39 is 17.3 Å². The molecule has 8 heteroatoms. The maximum Gasteiger partial charge on any atom is 0.303 e. The van der Waals surface area contributed by atoms with Gasteiger partial charge < -0.3 is 22.8 Å². The standard InChI is InChI=1S/C34H52NO3PS2.ClH/c1-4-7-26-39(27-8-5-2,28-9-6-3)29-16-25-35-32(36)21-23-34(24-22-33(37)38,40-30-17-12-10-13-18-30)41-31-19-14-11-15-20-31;/h10-15,17-20H,4-9,16,21-29H2,1-3H3,(H-,35,36,37,38);1H. The van der Waals surface area contributed by atoms with E-state index in [0.29, 0.717) is 19.3 Å². The van der Waals surface area contributed by atoms with Crippen molar-refractivity contribution in [2.75, 3.05) is 31.2 Å². The van der Waals surface area contributed by atoms with Crippen molar-refractivity contribution in [2.45, 2.75) is 105 Å². The first-order valence-electron chi connectivity index (χ1n) is 15.7. The summed E-state index contributed by atoms with van der Waals surface area (Å²) in [6, 6.07) is 20.3. The lowest BCUT2D eigenvalue weighted by molar-refractivity contribution is -0.137. The molecule has 2 aromatic rings. The van der Waals surface area contributed by atoms with Gasteiger partial charge in [-0.25, -0.2) is 0 Å². The summed E-state index contributed by atoms with van der Waals surface area (Å²) in [5.74, 6) is -0.728. The Labute approximate surface area is 271 Å². The SMILES string of the molecule is CCCC[P+](CCCC)(CCCC)CCCNC(=O)CCC(CCC(=O)O)(Sc1ccccc1)Sc1ccccc1.[Cl-]. The highest BCUT2D eigenvalue weighted by molar-refractivity contribution is 8.18. The summed E-state index contributed by atoms with van der Waals surface area (Å²) in [7, 11) is -0.958. The first-order chi connectivity index (χ1) is 19.9. The van der Waals surface area contributed by atoms with E-state index in [1.54, 1.807) is 23.5 Å². The van der Waals surface area contributed by atoms with E-state index in [2.05, 4.69) is 50.4 Å². The number of benzene rings is 2. The molecule has 0 saturated carbocycles. The molecule has 0 aliphatic carbocycles. The summed E-state index contributed by atoms with van der Waals surface area (Å²) in [5, 5.41) is 12.8. The zero-order chi connectivity index (χ0) is 29.8. The van der Waals surface area contributed by atoms with Crippen LogP contribution in [-0.4, -0.2) is 52.3 Å². The first-order valence-corrected chi connectivity index (χ1v) is 19.8. The number of carboxylic acids is 1. The van der Waals surface area contributed by atoms with Crippen molar-refractivity contribution in [2.24, 2.45) is 0 Å². The summed E-state index contributed by atoms with van der Waals surface area (Å²) in [6.07, 6.45) is 16.0. The average Bonchev–Trinajstić information content (AvgIpc) is 2.98. The number of hydrogen-bond donors (Lipinski definition) is 2. The molecule has 0 heterocycles. The Hall–Kier alpha value is -1.20. The fraction of sp³-hybridized carbons (Fsp3) is 0.588. The molecule has 42 heavy (non-hydrogen) atoms. The number of rotatable bonds is 23. The van der Waals surface area contributed by atoms with Crippen LogP contribution in [0.25, 0.3) is 0 Å². The third-order valence-electron chi connectivity index (χ3n) is 7.64. The predicted octanol–water partition coefficient (Wildman–Crippen LogP) is 6.84. The van der Waals surface area contributed by atoms with Crippen LogP contribution >= 0.6 is 30.8 Å². The van der Waals surface area contributed by atoms with Crippen molar-refractivity contribution < 1.29 is 27.1 Å². The maximum atomic E-state index is 13.1. The minimum Gasteiger partial charge on any atom is -1.00 e. The number of carbonyl (C=O) groups is 2. The minimum absolute atomic E-state index is 0. The number of carbonyl (C=O) groups excluding carboxylic acids is 1. The third-order valence-corrected chi connectivity index (χ3v) is 15.8. The van der Waals surface area contributed by atoms with Gasteiger partial charge in [0.2, 0.25) is 5.91 Å². The van der Waals surface area contributed by atoms with Crippen LogP contribution in [-0.2, 0) is 9.59 Å². The number of unbranched alkanes of at least 4 members (excludes halogenated alkanes) is 3. The lowest BCUT2D eigenvalue weighted by Gasteiger charge is -2.32. The van der Waals surface area contributed by atoms with E-state index in [1.165, 1.54) is 63.2 Å². The summed E-state index contributed by atoms with van der Waals surface area (Å²) in [6.45, 7) is 7.65. The minimum atomic E-state index is -0.958. The normalized spacial score (nSPS) is 11.6. The molecule has 2 N–H and O–H groups in total. The van der Waals surface area contributed by atoms with Gasteiger partial charge in [0.15, 0.2) is 0 Å². The lowest BCUT2D eigenvalue weighted by Crippen LogP contribution is -3.00. The number of halogens is 1. The lowest BCUT2D eigenvalue weighted by atomic mass is 10.1. The van der Waals surface area contributed by atoms with Crippen LogP contribution in [0.5, 0.6) is 0 Å². The second kappa shape index (κ2) is 22.3. The molecule has 0 atom stereocenters. The van der Waals surface area contributed by atoms with Gasteiger partial charge >= 0.3 is 5.97 Å². The summed E-state index contributed by atoms with van der Waals surface area (Å²) in [5.41, 5.74) is 0. The van der Waals surface area contributed by atoms with Gasteiger partial charge in [0.25, 0.3) is 0 Å². The zero-order valence-electron chi connectivity index (χ0n) is 26.0. The van der Waals surface area contributed by atoms with E-state index in [0.717, 1.165) is 22.8 Å². The molecule has 2 rings (SSSR count). The molecule has 4 nitrogen and oxygen atoms in total. The highest BCUT2D eigenvalue weighted by Crippen LogP contribution is 2.61. The second-order valence-electron chi connectivity index (χ2n) is 11.1. The molecule has 0 saturated heterocycles. The Bertz CT molecular complexity index is 934. The van der Waals surface area contributed by atoms with Crippen LogP contribution in [0.1, 0.15) is 91.4 Å². The van der Waals surface area contributed by atoms with Gasteiger partial charge in [0.05, 0.1) is 28.7 Å². The maximum absolute atomic E-state index is 13.1. The fourth-order valence-electron chi connectivity index (χ4n) is 5.24. The molecule has 0 aromatic heterocycles. The topological polar surface area (TPSA) is 66.4 Å². The van der Waals surface area contributed by atoms with E-state index >= 15 is 0 Å². The van der Waals surface area contributed by atoms with Gasteiger partial charge in [-0.05, 0) is 62.8 Å². The van der Waals surface area contributed by atoms with Crippen molar-refractivity contribution in [3.05, 3.63) is 60.7 Å². The quantitative estimate of drug-likeness (QED) is 0.0595. The number of nitrogens with one attached hydrogen (secondary N) is 1. The van der Waals surface area contributed by atoms with Gasteiger partial charge in [-0.15, -0.1) is 23.5 Å². The van der Waals surface area contributed by atoms with Gasteiger partial charge in [-0.2, -0.15) is 0 Å². The number of carboxylic acid groups (broad SMARTS) is 1. The predicted molar refractivity (Wildman–Crippen MR) is 182 cm³/mol. The Kier molecular flexibility index (Phi) is 20.6. The Balaban J connectivity index is 0.00000882. The van der Waals surface area contributed by atoms with Crippen LogP contribution < -0.4 is 17.7 Å². The molecule has 0 fully saturated rings. The molecular weight excluding hydrogens is 601 g/mol. The molecule has 236 valence electrons. The molecule has 0 aliphatic heterocycles. The molecule has 0 bridgehead atoms. The molecule has 0 unspecified atom stereocenters. The largest absolute Gasteiger partial charge is 1.00 e. The second-order valence-corrected chi connectivity index (χ2v) is 18.8. The monoisotopic (exact) mass is 653 g/mol. The molecule has 2 aromatic carbocycles. The smallest absolute Gasteiger partial charge is 0.303 e. The molecule has 0 radical (unpaired) electrons. The molecule has 0 aliphatic rings. The van der Waals surface area contributed by atoms with E-state index in [9.17, 15) is 14.7 Å². The van der Waals surface area contributed by atoms with E-state index in [4.69, 9.17) is 0 Å². The number of thioether (sulfide) groups is 2. The number of hydrogen-bond acceptors (Lipinski definition) is 4. The Morgan fingerprint density at radius 1 is 0.714 bits per heavy atom. The number of aliphatic carboxylic acids is 1. The first kappa shape index (κ1) is 38.8. The van der Waals surface area contributed by atoms with Crippen LogP contribution in [0, 0.1) is 0 Å². The third kappa shape index (κ3) is 15.5. The van der Waals surface area contributed by atoms with Crippen LogP contribution in [0.2, 0.25) is 0 Å². The van der Waals surface area contributed by atoms with Crippen molar-refractivity contribution in [1.29, 1.82) is 0 Å². The highest BCUT2D eigenvalue weighted by Gasteiger charge is 2.36. The van der Waals surface area contributed by atoms with Gasteiger partial charge in [0, 0.05) is 36.4 Å². The summed E-state index contributed by atoms with van der Waals surface area (Å²) in [4.78, 5) is 27.0. The average molecular weight is 654 g/mol. The zero-order valence-corrected chi connectivity index (χ0v) is 29.3. The van der Waals surface area contributed by atoms with Crippen LogP contribution in [0.3, 0.4) is 0 Å². The summed E-state index contributed by atoms with van der Waals surface area (Å²) >= 11 is 3.39. The van der Waals surface area contributed by atoms with Crippen molar-refractivity contribution in [3.8, 4) is 0 Å². The van der Waals surface area contributed by atoms with Crippen molar-refractivity contribution >= 4 is 42.7 Å². The van der Waals surface area contributed by atoms with Crippen molar-refractivity contribution in [1.82, 2.24) is 5.32 Å². The summed E-state index contributed by atoms with van der Waals surface area (Å²) < 4.78 is -0.459. The Morgan fingerprint density at radius 3 is 1.57 bits per heavy atom. The molecular formula is C34H53ClNO3PS2. The van der Waals surface area contributed by atoms with Crippen LogP contribution in [0.15, 0.2) is 70.5 Å². The Morgan fingerprint density at radius 2 is 1.14 bits per heavy atom. The van der Waals surface area contributed by atoms with Gasteiger partial charge in [0.1, 0.15) is 0 Å². The van der Waals surface area contributed by atoms with E-state index in [-0.39, 0.29) is 24.7 Å². The molecule has 0 spiro atoms. The fourth-order valence-corrected chi connectivity index (χ4v) is 13.4. The number of amides is 1. The van der Waals surface area contributed by atoms with Gasteiger partial charge in [-0.1, -0.05) is 76.4 Å². The highest BCUT2D eigenvalue weighted by atomic mass is 35.5. The van der Waals surface area contributed by atoms with Gasteiger partial charge in [-0.3, -0.25) is 9.59 Å². The molecule has 1 amide bonds. The van der Waals surface area contributed by atoms with E-state index in [1.807, 2.05) is 36.4 Å². The van der Waals surface area contributed by atoms with Crippen molar-refractivity contribution in [3.63, 3.8) is 0 Å². The van der Waals surface area contributed by atoms with Crippen LogP contribution in [0.4, 0.5) is 0 Å².